The molecule has 1 aromatic heterocycles. The van der Waals surface area contributed by atoms with Crippen molar-refractivity contribution in [3.63, 3.8) is 0 Å². The second-order valence-electron chi connectivity index (χ2n) is 3.91. The Morgan fingerprint density at radius 1 is 1.47 bits per heavy atom. The van der Waals surface area contributed by atoms with Crippen molar-refractivity contribution in [3.8, 4) is 5.75 Å². The van der Waals surface area contributed by atoms with Gasteiger partial charge in [-0.15, -0.1) is 0 Å². The smallest absolute Gasteiger partial charge is 0.240 e. The van der Waals surface area contributed by atoms with Crippen LogP contribution in [0.1, 0.15) is 13.8 Å². The van der Waals surface area contributed by atoms with E-state index in [2.05, 4.69) is 15.3 Å². The van der Waals surface area contributed by atoms with Gasteiger partial charge < -0.3 is 21.5 Å². The van der Waals surface area contributed by atoms with Crippen LogP contribution in [0.3, 0.4) is 0 Å². The van der Waals surface area contributed by atoms with Crippen LogP contribution in [0.5, 0.6) is 5.75 Å². The number of carbonyl (C=O) groups is 1. The van der Waals surface area contributed by atoms with E-state index >= 15 is 0 Å². The molecule has 0 aliphatic rings. The van der Waals surface area contributed by atoms with E-state index in [4.69, 9.17) is 16.2 Å². The molecule has 1 amide bonds. The summed E-state index contributed by atoms with van der Waals surface area (Å²) in [5.74, 6) is 0.432. The number of nitrogens with one attached hydrogen (secondary N) is 1. The Balaban J connectivity index is 3.01. The number of carbonyl (C=O) groups excluding carboxylic acids is 1. The third-order valence-electron chi connectivity index (χ3n) is 2.30. The number of amides is 1. The number of nitrogens with two attached hydrogens (primary N) is 2. The third kappa shape index (κ3) is 2.96. The highest BCUT2D eigenvalue weighted by molar-refractivity contribution is 5.83. The highest BCUT2D eigenvalue weighted by Gasteiger charge is 2.22. The van der Waals surface area contributed by atoms with Gasteiger partial charge in [0.25, 0.3) is 0 Å². The van der Waals surface area contributed by atoms with Gasteiger partial charge in [0.1, 0.15) is 12.4 Å². The molecule has 0 spiro atoms. The topological polar surface area (TPSA) is 116 Å². The van der Waals surface area contributed by atoms with Gasteiger partial charge >= 0.3 is 0 Å². The summed E-state index contributed by atoms with van der Waals surface area (Å²) < 4.78 is 5.07. The van der Waals surface area contributed by atoms with Gasteiger partial charge in [0.2, 0.25) is 11.7 Å². The van der Waals surface area contributed by atoms with Gasteiger partial charge in [-0.25, -0.2) is 9.97 Å². The fourth-order valence-corrected chi connectivity index (χ4v) is 1.41. The summed E-state index contributed by atoms with van der Waals surface area (Å²) in [5, 5.41) is 2.91. The van der Waals surface area contributed by atoms with Crippen molar-refractivity contribution in [1.82, 2.24) is 9.97 Å². The molecule has 94 valence electrons. The van der Waals surface area contributed by atoms with Gasteiger partial charge in [-0.2, -0.15) is 0 Å². The molecule has 0 fully saturated rings. The zero-order valence-electron chi connectivity index (χ0n) is 10.1. The average molecular weight is 239 g/mol. The standard InChI is InChI=1S/C10H17N5O2/c1-5(2)6(9(12)16)15-10-7(17-3)8(11)13-4-14-10/h4-6H,1-3H3,(H2,12,16)(H3,11,13,14,15). The fraction of sp³-hybridized carbons (Fsp3) is 0.500. The van der Waals surface area contributed by atoms with Crippen molar-refractivity contribution in [2.24, 2.45) is 11.7 Å². The summed E-state index contributed by atoms with van der Waals surface area (Å²) >= 11 is 0. The predicted octanol–water partition coefficient (Wildman–Crippen LogP) is -0.0108. The number of hydrogen-bond donors (Lipinski definition) is 3. The lowest BCUT2D eigenvalue weighted by Gasteiger charge is -2.20. The maximum atomic E-state index is 11.3. The van der Waals surface area contributed by atoms with E-state index in [1.54, 1.807) is 0 Å². The van der Waals surface area contributed by atoms with Gasteiger partial charge in [-0.1, -0.05) is 13.8 Å². The van der Waals surface area contributed by atoms with Crippen LogP contribution >= 0.6 is 0 Å². The van der Waals surface area contributed by atoms with E-state index in [9.17, 15) is 4.79 Å². The van der Waals surface area contributed by atoms with Gasteiger partial charge in [0, 0.05) is 0 Å². The largest absolute Gasteiger partial charge is 0.490 e. The van der Waals surface area contributed by atoms with Crippen molar-refractivity contribution in [2.45, 2.75) is 19.9 Å². The van der Waals surface area contributed by atoms with Gasteiger partial charge in [-0.05, 0) is 5.92 Å². The Morgan fingerprint density at radius 3 is 2.59 bits per heavy atom. The van der Waals surface area contributed by atoms with E-state index in [0.29, 0.717) is 11.6 Å². The van der Waals surface area contributed by atoms with Crippen molar-refractivity contribution in [1.29, 1.82) is 0 Å². The van der Waals surface area contributed by atoms with Crippen LogP contribution in [-0.4, -0.2) is 29.0 Å². The number of primary amides is 1. The normalized spacial score (nSPS) is 12.2. The minimum absolute atomic E-state index is 0.0217. The molecule has 0 bridgehead atoms. The Kier molecular flexibility index (Phi) is 4.08. The third-order valence-corrected chi connectivity index (χ3v) is 2.30. The predicted molar refractivity (Wildman–Crippen MR) is 64.4 cm³/mol. The van der Waals surface area contributed by atoms with Gasteiger partial charge in [0.05, 0.1) is 7.11 Å². The highest BCUT2D eigenvalue weighted by Crippen LogP contribution is 2.27. The van der Waals surface area contributed by atoms with Gasteiger partial charge in [-0.3, -0.25) is 4.79 Å². The first kappa shape index (κ1) is 13.0. The van der Waals surface area contributed by atoms with E-state index in [1.807, 2.05) is 13.8 Å². The van der Waals surface area contributed by atoms with Crippen molar-refractivity contribution in [3.05, 3.63) is 6.33 Å². The quantitative estimate of drug-likeness (QED) is 0.665. The minimum Gasteiger partial charge on any atom is -0.490 e. The molecule has 1 atom stereocenters. The summed E-state index contributed by atoms with van der Waals surface area (Å²) in [6, 6.07) is -0.543. The highest BCUT2D eigenvalue weighted by atomic mass is 16.5. The van der Waals surface area contributed by atoms with Crippen LogP contribution in [0.15, 0.2) is 6.33 Å². The fourth-order valence-electron chi connectivity index (χ4n) is 1.41. The number of aromatic nitrogens is 2. The lowest BCUT2D eigenvalue weighted by molar-refractivity contribution is -0.119. The summed E-state index contributed by atoms with van der Waals surface area (Å²) in [6.45, 7) is 3.75. The molecule has 1 rings (SSSR count). The SMILES string of the molecule is COc1c(N)ncnc1NC(C(N)=O)C(C)C. The zero-order chi connectivity index (χ0) is 13.0. The molecular formula is C10H17N5O2. The average Bonchev–Trinajstić information content (AvgIpc) is 2.25. The van der Waals surface area contributed by atoms with Crippen molar-refractivity contribution in [2.75, 3.05) is 18.2 Å². The van der Waals surface area contributed by atoms with E-state index in [-0.39, 0.29) is 11.7 Å². The number of nitrogen functional groups attached to an aromatic ring is 1. The first-order valence-electron chi connectivity index (χ1n) is 5.17. The number of hydrogen-bond acceptors (Lipinski definition) is 6. The molecule has 1 unspecified atom stereocenters. The lowest BCUT2D eigenvalue weighted by Crippen LogP contribution is -2.39. The Hall–Kier alpha value is -2.05. The Bertz CT molecular complexity index is 408. The molecule has 0 aromatic carbocycles. The second kappa shape index (κ2) is 5.33. The number of anilines is 2. The van der Waals surface area contributed by atoms with Crippen LogP contribution in [0, 0.1) is 5.92 Å². The molecular weight excluding hydrogens is 222 g/mol. The van der Waals surface area contributed by atoms with E-state index < -0.39 is 11.9 Å². The monoisotopic (exact) mass is 239 g/mol. The summed E-state index contributed by atoms with van der Waals surface area (Å²) in [4.78, 5) is 19.0. The Morgan fingerprint density at radius 2 is 2.12 bits per heavy atom. The van der Waals surface area contributed by atoms with E-state index in [1.165, 1.54) is 13.4 Å². The first-order valence-corrected chi connectivity index (χ1v) is 5.17. The molecule has 7 nitrogen and oxygen atoms in total. The van der Waals surface area contributed by atoms with Crippen LogP contribution in [0.4, 0.5) is 11.6 Å². The summed E-state index contributed by atoms with van der Waals surface area (Å²) in [7, 11) is 1.45. The number of rotatable bonds is 5. The number of methoxy groups -OCH3 is 1. The number of ether oxygens (including phenoxy) is 1. The van der Waals surface area contributed by atoms with Crippen LogP contribution in [-0.2, 0) is 4.79 Å². The maximum Gasteiger partial charge on any atom is 0.240 e. The molecule has 0 radical (unpaired) electrons. The summed E-state index contributed by atoms with van der Waals surface area (Å²) in [6.07, 6.45) is 1.29. The molecule has 0 saturated carbocycles. The minimum atomic E-state index is -0.543. The molecule has 1 heterocycles. The zero-order valence-corrected chi connectivity index (χ0v) is 10.1. The van der Waals surface area contributed by atoms with Crippen LogP contribution in [0.2, 0.25) is 0 Å². The second-order valence-corrected chi connectivity index (χ2v) is 3.91. The molecule has 0 aliphatic heterocycles. The van der Waals surface area contributed by atoms with Gasteiger partial charge in [0.15, 0.2) is 11.6 Å². The maximum absolute atomic E-state index is 11.3. The molecule has 17 heavy (non-hydrogen) atoms. The van der Waals surface area contributed by atoms with Crippen LogP contribution in [0.25, 0.3) is 0 Å². The molecule has 5 N–H and O–H groups in total. The Labute approximate surface area is 99.6 Å². The van der Waals surface area contributed by atoms with E-state index in [0.717, 1.165) is 0 Å². The van der Waals surface area contributed by atoms with Crippen molar-refractivity contribution < 1.29 is 9.53 Å². The van der Waals surface area contributed by atoms with Crippen LogP contribution < -0.4 is 21.5 Å². The molecule has 1 aromatic rings. The molecule has 7 heteroatoms. The van der Waals surface area contributed by atoms with Crippen molar-refractivity contribution >= 4 is 17.5 Å². The first-order chi connectivity index (χ1) is 7.97. The number of nitrogens with zero attached hydrogens (tertiary/aromatic N) is 2. The molecule has 0 saturated heterocycles. The molecule has 0 aliphatic carbocycles. The lowest BCUT2D eigenvalue weighted by atomic mass is 10.0. The summed E-state index contributed by atoms with van der Waals surface area (Å²) in [5.41, 5.74) is 10.9.